The molecule has 0 saturated carbocycles. The van der Waals surface area contributed by atoms with Gasteiger partial charge in [-0.15, -0.1) is 5.10 Å². The molecule has 16 heavy (non-hydrogen) atoms. The maximum absolute atomic E-state index is 11.9. The third-order valence-corrected chi connectivity index (χ3v) is 2.45. The predicted octanol–water partition coefficient (Wildman–Crippen LogP) is 1.55. The van der Waals surface area contributed by atoms with Gasteiger partial charge in [0.2, 0.25) is 0 Å². The van der Waals surface area contributed by atoms with E-state index in [0.717, 1.165) is 11.1 Å². The maximum atomic E-state index is 11.9. The molecule has 1 heterocycles. The quantitative estimate of drug-likeness (QED) is 0.730. The highest BCUT2D eigenvalue weighted by atomic mass is 16.1. The molecule has 4 heteroatoms. The van der Waals surface area contributed by atoms with E-state index in [-0.39, 0.29) is 5.78 Å². The summed E-state index contributed by atoms with van der Waals surface area (Å²) in [6.07, 6.45) is 1.89. The first kappa shape index (κ1) is 10.5. The number of aromatic nitrogens is 3. The topological polar surface area (TPSA) is 47.8 Å². The van der Waals surface area contributed by atoms with E-state index in [9.17, 15) is 4.79 Å². The average Bonchev–Trinajstić information content (AvgIpc) is 2.64. The van der Waals surface area contributed by atoms with Crippen LogP contribution in [0.3, 0.4) is 0 Å². The minimum absolute atomic E-state index is 0.0399. The lowest BCUT2D eigenvalue weighted by molar-refractivity contribution is 0.0984. The first-order chi connectivity index (χ1) is 7.66. The predicted molar refractivity (Wildman–Crippen MR) is 60.2 cm³/mol. The van der Waals surface area contributed by atoms with Crippen LogP contribution in [0, 0.1) is 6.92 Å². The second-order valence-electron chi connectivity index (χ2n) is 3.83. The molecule has 0 aliphatic heterocycles. The van der Waals surface area contributed by atoms with E-state index in [1.807, 2.05) is 31.2 Å². The SMILES string of the molecule is Cc1cccc(CC(=O)c2cnnn2C)c1. The van der Waals surface area contributed by atoms with Gasteiger partial charge < -0.3 is 0 Å². The zero-order valence-electron chi connectivity index (χ0n) is 9.34. The van der Waals surface area contributed by atoms with Crippen LogP contribution in [0.5, 0.6) is 0 Å². The van der Waals surface area contributed by atoms with E-state index in [0.29, 0.717) is 12.1 Å². The van der Waals surface area contributed by atoms with E-state index in [1.54, 1.807) is 7.05 Å². The van der Waals surface area contributed by atoms with Crippen molar-refractivity contribution in [1.82, 2.24) is 15.0 Å². The van der Waals surface area contributed by atoms with Gasteiger partial charge in [0.15, 0.2) is 5.78 Å². The fourth-order valence-electron chi connectivity index (χ4n) is 1.64. The molecule has 82 valence electrons. The summed E-state index contributed by atoms with van der Waals surface area (Å²) >= 11 is 0. The first-order valence-electron chi connectivity index (χ1n) is 5.10. The number of ketones is 1. The van der Waals surface area contributed by atoms with Gasteiger partial charge in [-0.1, -0.05) is 35.0 Å². The van der Waals surface area contributed by atoms with Crippen LogP contribution in [0.25, 0.3) is 0 Å². The number of carbonyl (C=O) groups is 1. The van der Waals surface area contributed by atoms with Gasteiger partial charge in [0, 0.05) is 13.5 Å². The van der Waals surface area contributed by atoms with Crippen LogP contribution >= 0.6 is 0 Å². The molecule has 2 aromatic rings. The van der Waals surface area contributed by atoms with Crippen LogP contribution in [0.4, 0.5) is 0 Å². The molecule has 1 aromatic carbocycles. The molecule has 0 aliphatic carbocycles. The normalized spacial score (nSPS) is 10.4. The summed E-state index contributed by atoms with van der Waals surface area (Å²) in [4.78, 5) is 11.9. The molecular weight excluding hydrogens is 202 g/mol. The molecule has 0 fully saturated rings. The van der Waals surface area contributed by atoms with Crippen LogP contribution in [-0.4, -0.2) is 20.8 Å². The van der Waals surface area contributed by atoms with E-state index in [1.165, 1.54) is 10.9 Å². The smallest absolute Gasteiger partial charge is 0.186 e. The van der Waals surface area contributed by atoms with Crippen molar-refractivity contribution in [3.05, 3.63) is 47.3 Å². The third kappa shape index (κ3) is 2.16. The Morgan fingerprint density at radius 1 is 1.44 bits per heavy atom. The molecule has 1 aromatic heterocycles. The van der Waals surface area contributed by atoms with Crippen LogP contribution in [0.2, 0.25) is 0 Å². The van der Waals surface area contributed by atoms with Crippen molar-refractivity contribution in [1.29, 1.82) is 0 Å². The number of hydrogen-bond acceptors (Lipinski definition) is 3. The standard InChI is InChI=1S/C12H13N3O/c1-9-4-3-5-10(6-9)7-12(16)11-8-13-14-15(11)2/h3-6,8H,7H2,1-2H3. The Hall–Kier alpha value is -1.97. The molecule has 4 nitrogen and oxygen atoms in total. The van der Waals surface area contributed by atoms with Gasteiger partial charge in [0.05, 0.1) is 6.20 Å². The van der Waals surface area contributed by atoms with Gasteiger partial charge in [-0.25, -0.2) is 4.68 Å². The summed E-state index contributed by atoms with van der Waals surface area (Å²) < 4.78 is 1.50. The highest BCUT2D eigenvalue weighted by molar-refractivity contribution is 5.95. The molecule has 0 amide bonds. The van der Waals surface area contributed by atoms with Gasteiger partial charge >= 0.3 is 0 Å². The molecule has 0 saturated heterocycles. The Morgan fingerprint density at radius 2 is 2.25 bits per heavy atom. The molecule has 0 unspecified atom stereocenters. The van der Waals surface area contributed by atoms with E-state index in [2.05, 4.69) is 10.3 Å². The largest absolute Gasteiger partial charge is 0.292 e. The first-order valence-corrected chi connectivity index (χ1v) is 5.10. The Morgan fingerprint density at radius 3 is 2.88 bits per heavy atom. The molecule has 0 aliphatic rings. The van der Waals surface area contributed by atoms with Crippen molar-refractivity contribution < 1.29 is 4.79 Å². The summed E-state index contributed by atoms with van der Waals surface area (Å²) in [5.41, 5.74) is 2.72. The summed E-state index contributed by atoms with van der Waals surface area (Å²) in [6, 6.07) is 7.94. The fourth-order valence-corrected chi connectivity index (χ4v) is 1.64. The lowest BCUT2D eigenvalue weighted by atomic mass is 10.1. The summed E-state index contributed by atoms with van der Waals surface area (Å²) in [5, 5.41) is 7.44. The Bertz CT molecular complexity index is 516. The minimum atomic E-state index is 0.0399. The van der Waals surface area contributed by atoms with E-state index >= 15 is 0 Å². The highest BCUT2D eigenvalue weighted by Gasteiger charge is 2.11. The number of rotatable bonds is 3. The van der Waals surface area contributed by atoms with Crippen molar-refractivity contribution in [2.75, 3.05) is 0 Å². The summed E-state index contributed by atoms with van der Waals surface area (Å²) in [6.45, 7) is 2.01. The van der Waals surface area contributed by atoms with Crippen molar-refractivity contribution >= 4 is 5.78 Å². The summed E-state index contributed by atoms with van der Waals surface area (Å²) in [5.74, 6) is 0.0399. The Kier molecular flexibility index (Phi) is 2.81. The molecule has 0 N–H and O–H groups in total. The zero-order chi connectivity index (χ0) is 11.5. The zero-order valence-corrected chi connectivity index (χ0v) is 9.34. The van der Waals surface area contributed by atoms with E-state index in [4.69, 9.17) is 0 Å². The molecule has 0 bridgehead atoms. The van der Waals surface area contributed by atoms with Gasteiger partial charge in [-0.3, -0.25) is 4.79 Å². The van der Waals surface area contributed by atoms with Gasteiger partial charge in [-0.2, -0.15) is 0 Å². The second-order valence-corrected chi connectivity index (χ2v) is 3.83. The minimum Gasteiger partial charge on any atom is -0.292 e. The molecule has 0 radical (unpaired) electrons. The highest BCUT2D eigenvalue weighted by Crippen LogP contribution is 2.08. The number of hydrogen-bond donors (Lipinski definition) is 0. The monoisotopic (exact) mass is 215 g/mol. The molecular formula is C12H13N3O. The van der Waals surface area contributed by atoms with Crippen molar-refractivity contribution in [2.45, 2.75) is 13.3 Å². The van der Waals surface area contributed by atoms with Crippen molar-refractivity contribution in [2.24, 2.45) is 7.05 Å². The number of Topliss-reactive ketones (excluding diaryl/α,β-unsaturated/α-hetero) is 1. The Balaban J connectivity index is 2.17. The van der Waals surface area contributed by atoms with Gasteiger partial charge in [0.25, 0.3) is 0 Å². The number of aryl methyl sites for hydroxylation is 2. The lowest BCUT2D eigenvalue weighted by Crippen LogP contribution is -2.09. The number of benzene rings is 1. The lowest BCUT2D eigenvalue weighted by Gasteiger charge is -2.02. The van der Waals surface area contributed by atoms with Crippen LogP contribution < -0.4 is 0 Å². The van der Waals surface area contributed by atoms with Crippen LogP contribution in [0.15, 0.2) is 30.5 Å². The van der Waals surface area contributed by atoms with Crippen molar-refractivity contribution in [3.63, 3.8) is 0 Å². The van der Waals surface area contributed by atoms with E-state index < -0.39 is 0 Å². The number of carbonyl (C=O) groups excluding carboxylic acids is 1. The summed E-state index contributed by atoms with van der Waals surface area (Å²) in [7, 11) is 1.72. The number of nitrogens with zero attached hydrogens (tertiary/aromatic N) is 3. The van der Waals surface area contributed by atoms with Crippen LogP contribution in [0.1, 0.15) is 21.6 Å². The van der Waals surface area contributed by atoms with Crippen molar-refractivity contribution in [3.8, 4) is 0 Å². The van der Waals surface area contributed by atoms with Crippen LogP contribution in [-0.2, 0) is 13.5 Å². The van der Waals surface area contributed by atoms with Gasteiger partial charge in [-0.05, 0) is 12.5 Å². The molecule has 2 rings (SSSR count). The molecule has 0 atom stereocenters. The molecule has 0 spiro atoms. The maximum Gasteiger partial charge on any atom is 0.186 e. The second kappa shape index (κ2) is 4.26. The average molecular weight is 215 g/mol. The third-order valence-electron chi connectivity index (χ3n) is 2.45. The fraction of sp³-hybridized carbons (Fsp3) is 0.250. The Labute approximate surface area is 93.9 Å². The van der Waals surface area contributed by atoms with Gasteiger partial charge in [0.1, 0.15) is 5.69 Å².